The van der Waals surface area contributed by atoms with E-state index in [1.54, 1.807) is 73.7 Å². The molecule has 0 fully saturated rings. The van der Waals surface area contributed by atoms with Gasteiger partial charge in [-0.3, -0.25) is 0 Å². The lowest BCUT2D eigenvalue weighted by Gasteiger charge is -2.16. The van der Waals surface area contributed by atoms with Crippen molar-refractivity contribution in [3.63, 3.8) is 0 Å². The fourth-order valence-corrected chi connectivity index (χ4v) is 3.36. The highest BCUT2D eigenvalue weighted by atomic mass is 35.5. The summed E-state index contributed by atoms with van der Waals surface area (Å²) in [7, 11) is 1.47. The normalized spacial score (nSPS) is 11.9. The third kappa shape index (κ3) is 6.29. The fraction of sp³-hybridized carbons (Fsp3) is 0.154. The number of halogens is 2. The minimum Gasteiger partial charge on any atom is -0.493 e. The third-order valence-corrected chi connectivity index (χ3v) is 5.24. The first-order chi connectivity index (χ1) is 15.8. The zero-order valence-corrected chi connectivity index (χ0v) is 19.8. The van der Waals surface area contributed by atoms with Crippen molar-refractivity contribution in [3.05, 3.63) is 87.4 Å². The number of hydrogen-bond acceptors (Lipinski definition) is 5. The zero-order valence-electron chi connectivity index (χ0n) is 18.3. The molecule has 168 valence electrons. The summed E-state index contributed by atoms with van der Waals surface area (Å²) in [5, 5.41) is 10.7. The molecule has 1 atom stereocenters. The van der Waals surface area contributed by atoms with E-state index >= 15 is 0 Å². The van der Waals surface area contributed by atoms with Gasteiger partial charge in [0.1, 0.15) is 5.75 Å². The van der Waals surface area contributed by atoms with Gasteiger partial charge in [-0.2, -0.15) is 5.26 Å². The molecular weight excluding hydrogens is 461 g/mol. The van der Waals surface area contributed by atoms with Crippen molar-refractivity contribution in [3.8, 4) is 23.3 Å². The minimum atomic E-state index is -0.857. The second kappa shape index (κ2) is 10.9. The van der Waals surface area contributed by atoms with Gasteiger partial charge in [-0.1, -0.05) is 41.4 Å². The lowest BCUT2D eigenvalue weighted by atomic mass is 10.0. The number of rotatable bonds is 7. The fourth-order valence-electron chi connectivity index (χ4n) is 3.01. The number of nitriles is 1. The van der Waals surface area contributed by atoms with E-state index in [0.29, 0.717) is 32.7 Å². The summed E-state index contributed by atoms with van der Waals surface area (Å²) in [4.78, 5) is 12.6. The maximum Gasteiger partial charge on any atom is 0.352 e. The van der Waals surface area contributed by atoms with Crippen molar-refractivity contribution >= 4 is 40.8 Å². The Hall–Kier alpha value is -3.46. The predicted octanol–water partition coefficient (Wildman–Crippen LogP) is 6.75. The van der Waals surface area contributed by atoms with Gasteiger partial charge in [0.15, 0.2) is 17.6 Å². The van der Waals surface area contributed by atoms with E-state index in [1.165, 1.54) is 7.11 Å². The van der Waals surface area contributed by atoms with Gasteiger partial charge in [0.2, 0.25) is 0 Å². The molecule has 7 heteroatoms. The van der Waals surface area contributed by atoms with Gasteiger partial charge >= 0.3 is 5.97 Å². The SMILES string of the molecule is COc1cc(C=C(C#N)c2ccc(Cl)cc2)ccc1OC(=O)C(C)Oc1ccc(Cl)cc1C. The number of methoxy groups -OCH3 is 1. The van der Waals surface area contributed by atoms with Crippen LogP contribution in [0, 0.1) is 18.3 Å². The molecule has 0 saturated heterocycles. The van der Waals surface area contributed by atoms with Crippen LogP contribution in [-0.2, 0) is 4.79 Å². The molecule has 0 aliphatic rings. The van der Waals surface area contributed by atoms with Crippen molar-refractivity contribution in [2.24, 2.45) is 0 Å². The van der Waals surface area contributed by atoms with Gasteiger partial charge in [0.25, 0.3) is 0 Å². The highest BCUT2D eigenvalue weighted by molar-refractivity contribution is 6.30. The van der Waals surface area contributed by atoms with Crippen molar-refractivity contribution in [1.82, 2.24) is 0 Å². The van der Waals surface area contributed by atoms with E-state index in [4.69, 9.17) is 37.4 Å². The Kier molecular flexibility index (Phi) is 8.00. The lowest BCUT2D eigenvalue weighted by molar-refractivity contribution is -0.141. The third-order valence-electron chi connectivity index (χ3n) is 4.76. The first-order valence-corrected chi connectivity index (χ1v) is 10.8. The van der Waals surface area contributed by atoms with Crippen LogP contribution < -0.4 is 14.2 Å². The molecule has 0 amide bonds. The highest BCUT2D eigenvalue weighted by Gasteiger charge is 2.20. The molecule has 0 bridgehead atoms. The summed E-state index contributed by atoms with van der Waals surface area (Å²) in [5.41, 5.74) is 2.71. The Labute approximate surface area is 202 Å². The number of nitrogens with zero attached hydrogens (tertiary/aromatic N) is 1. The summed E-state index contributed by atoms with van der Waals surface area (Å²) < 4.78 is 16.6. The van der Waals surface area contributed by atoms with Crippen molar-refractivity contribution in [2.45, 2.75) is 20.0 Å². The van der Waals surface area contributed by atoms with E-state index in [1.807, 2.05) is 6.92 Å². The average Bonchev–Trinajstić information content (AvgIpc) is 2.80. The molecule has 0 heterocycles. The van der Waals surface area contributed by atoms with E-state index in [9.17, 15) is 10.1 Å². The first kappa shape index (κ1) is 24.2. The largest absolute Gasteiger partial charge is 0.493 e. The number of esters is 1. The van der Waals surface area contributed by atoms with Crippen LogP contribution in [-0.4, -0.2) is 19.2 Å². The number of hydrogen-bond donors (Lipinski definition) is 0. The molecule has 33 heavy (non-hydrogen) atoms. The Balaban J connectivity index is 1.77. The molecule has 3 rings (SSSR count). The monoisotopic (exact) mass is 481 g/mol. The van der Waals surface area contributed by atoms with Crippen molar-refractivity contribution in [2.75, 3.05) is 7.11 Å². The number of ether oxygens (including phenoxy) is 3. The van der Waals surface area contributed by atoms with Gasteiger partial charge < -0.3 is 14.2 Å². The molecule has 0 spiro atoms. The van der Waals surface area contributed by atoms with Crippen LogP contribution in [0.15, 0.2) is 60.7 Å². The first-order valence-electron chi connectivity index (χ1n) is 10.0. The van der Waals surface area contributed by atoms with Gasteiger partial charge in [0.05, 0.1) is 18.8 Å². The van der Waals surface area contributed by atoms with Crippen LogP contribution >= 0.6 is 23.2 Å². The topological polar surface area (TPSA) is 68.5 Å². The smallest absolute Gasteiger partial charge is 0.352 e. The quantitative estimate of drug-likeness (QED) is 0.161. The minimum absolute atomic E-state index is 0.243. The number of carbonyl (C=O) groups is 1. The predicted molar refractivity (Wildman–Crippen MR) is 130 cm³/mol. The molecule has 0 saturated carbocycles. The standard InChI is InChI=1S/C26H21Cl2NO4/c1-16-12-22(28)9-11-23(16)32-17(2)26(30)33-24-10-4-18(14-25(24)31-3)13-20(15-29)19-5-7-21(27)8-6-19/h4-14,17H,1-3H3. The van der Waals surface area contributed by atoms with Crippen LogP contribution in [0.4, 0.5) is 0 Å². The number of allylic oxidation sites excluding steroid dienone is 1. The summed E-state index contributed by atoms with van der Waals surface area (Å²) in [6.45, 7) is 3.44. The lowest BCUT2D eigenvalue weighted by Crippen LogP contribution is -2.28. The van der Waals surface area contributed by atoms with E-state index in [2.05, 4.69) is 6.07 Å². The number of carbonyl (C=O) groups excluding carboxylic acids is 1. The van der Waals surface area contributed by atoms with Gasteiger partial charge in [-0.05, 0) is 79.1 Å². The second-order valence-electron chi connectivity index (χ2n) is 7.18. The summed E-state index contributed by atoms with van der Waals surface area (Å²) in [5.74, 6) is 0.556. The molecular formula is C26H21Cl2NO4. The molecule has 3 aromatic rings. The molecule has 1 unspecified atom stereocenters. The van der Waals surface area contributed by atoms with Crippen LogP contribution in [0.2, 0.25) is 10.0 Å². The molecule has 0 radical (unpaired) electrons. The van der Waals surface area contributed by atoms with Crippen LogP contribution in [0.5, 0.6) is 17.2 Å². The van der Waals surface area contributed by atoms with Gasteiger partial charge in [-0.25, -0.2) is 4.79 Å². The summed E-state index contributed by atoms with van der Waals surface area (Å²) >= 11 is 11.9. The molecule has 0 aromatic heterocycles. The molecule has 3 aromatic carbocycles. The summed E-state index contributed by atoms with van der Waals surface area (Å²) in [6.07, 6.45) is 0.858. The molecule has 0 N–H and O–H groups in total. The van der Waals surface area contributed by atoms with Crippen molar-refractivity contribution in [1.29, 1.82) is 5.26 Å². The van der Waals surface area contributed by atoms with Crippen LogP contribution in [0.1, 0.15) is 23.6 Å². The zero-order chi connectivity index (χ0) is 24.0. The Morgan fingerprint density at radius 1 is 0.970 bits per heavy atom. The Morgan fingerprint density at radius 3 is 2.27 bits per heavy atom. The van der Waals surface area contributed by atoms with E-state index in [0.717, 1.165) is 11.1 Å². The number of aryl methyl sites for hydroxylation is 1. The second-order valence-corrected chi connectivity index (χ2v) is 8.05. The van der Waals surface area contributed by atoms with Crippen LogP contribution in [0.25, 0.3) is 11.6 Å². The van der Waals surface area contributed by atoms with E-state index < -0.39 is 12.1 Å². The van der Waals surface area contributed by atoms with Gasteiger partial charge in [0, 0.05) is 10.0 Å². The maximum absolute atomic E-state index is 12.6. The molecule has 5 nitrogen and oxygen atoms in total. The average molecular weight is 482 g/mol. The van der Waals surface area contributed by atoms with E-state index in [-0.39, 0.29) is 5.75 Å². The maximum atomic E-state index is 12.6. The highest BCUT2D eigenvalue weighted by Crippen LogP contribution is 2.31. The van der Waals surface area contributed by atoms with Crippen LogP contribution in [0.3, 0.4) is 0 Å². The Morgan fingerprint density at radius 2 is 1.64 bits per heavy atom. The van der Waals surface area contributed by atoms with Crippen molar-refractivity contribution < 1.29 is 19.0 Å². The molecule has 0 aliphatic heterocycles. The molecule has 0 aliphatic carbocycles. The Bertz CT molecular complexity index is 1230. The number of benzene rings is 3. The van der Waals surface area contributed by atoms with Gasteiger partial charge in [-0.15, -0.1) is 0 Å². The summed E-state index contributed by atoms with van der Waals surface area (Å²) in [6, 6.07) is 19.3.